The standard InChI is InChI=1S/C24H31NO4/c1-4-5-11-22(26)29-24(15-12-19-9-6-8-18(2)17-19)14-7-10-21-20(24)13-16-25(21)23(27)28-3/h6,8-9,17,20-21H,4-5,7,10-11,13-14,16H2,1-3H3/t20-,21-,24-/m1/s1. The van der Waals surface area contributed by atoms with Crippen LogP contribution in [0.4, 0.5) is 4.79 Å². The van der Waals surface area contributed by atoms with Gasteiger partial charge in [-0.2, -0.15) is 0 Å². The van der Waals surface area contributed by atoms with E-state index >= 15 is 0 Å². The van der Waals surface area contributed by atoms with Crippen molar-refractivity contribution in [2.75, 3.05) is 13.7 Å². The molecule has 156 valence electrons. The Morgan fingerprint density at radius 2 is 2.14 bits per heavy atom. The number of esters is 1. The minimum absolute atomic E-state index is 0.00184. The van der Waals surface area contributed by atoms with Gasteiger partial charge in [-0.1, -0.05) is 31.4 Å². The molecule has 3 rings (SSSR count). The minimum Gasteiger partial charge on any atom is -0.453 e. The second-order valence-corrected chi connectivity index (χ2v) is 8.10. The highest BCUT2D eigenvalue weighted by molar-refractivity contribution is 5.71. The van der Waals surface area contributed by atoms with E-state index in [-0.39, 0.29) is 24.0 Å². The van der Waals surface area contributed by atoms with Crippen molar-refractivity contribution in [3.63, 3.8) is 0 Å². The fourth-order valence-electron chi connectivity index (χ4n) is 4.64. The Morgan fingerprint density at radius 1 is 1.31 bits per heavy atom. The Kier molecular flexibility index (Phi) is 6.84. The van der Waals surface area contributed by atoms with E-state index in [0.29, 0.717) is 19.4 Å². The van der Waals surface area contributed by atoms with Gasteiger partial charge in [0.15, 0.2) is 5.60 Å². The van der Waals surface area contributed by atoms with Gasteiger partial charge in [-0.25, -0.2) is 4.79 Å². The molecule has 1 saturated carbocycles. The molecule has 0 radical (unpaired) electrons. The van der Waals surface area contributed by atoms with Crippen LogP contribution in [0.5, 0.6) is 0 Å². The molecule has 0 aromatic heterocycles. The van der Waals surface area contributed by atoms with Crippen LogP contribution in [0.1, 0.15) is 63.0 Å². The van der Waals surface area contributed by atoms with Crippen molar-refractivity contribution >= 4 is 12.1 Å². The zero-order valence-electron chi connectivity index (χ0n) is 17.7. The number of unbranched alkanes of at least 4 members (excludes halogenated alkanes) is 1. The van der Waals surface area contributed by atoms with Gasteiger partial charge in [0, 0.05) is 30.5 Å². The van der Waals surface area contributed by atoms with Crippen LogP contribution in [0.3, 0.4) is 0 Å². The number of aryl methyl sites for hydroxylation is 1. The van der Waals surface area contributed by atoms with Crippen molar-refractivity contribution in [2.45, 2.75) is 70.4 Å². The first-order chi connectivity index (χ1) is 14.0. The van der Waals surface area contributed by atoms with Crippen LogP contribution in [0, 0.1) is 24.7 Å². The Balaban J connectivity index is 1.93. The highest BCUT2D eigenvalue weighted by atomic mass is 16.6. The molecular weight excluding hydrogens is 366 g/mol. The van der Waals surface area contributed by atoms with Crippen molar-refractivity contribution < 1.29 is 19.1 Å². The summed E-state index contributed by atoms with van der Waals surface area (Å²) in [6, 6.07) is 8.03. The maximum atomic E-state index is 12.6. The van der Waals surface area contributed by atoms with Gasteiger partial charge in [-0.3, -0.25) is 4.79 Å². The molecule has 1 amide bonds. The van der Waals surface area contributed by atoms with Gasteiger partial charge in [0.2, 0.25) is 0 Å². The van der Waals surface area contributed by atoms with Crippen molar-refractivity contribution in [1.82, 2.24) is 4.90 Å². The number of likely N-dealkylation sites (tertiary alicyclic amines) is 1. The third-order valence-corrected chi connectivity index (χ3v) is 6.07. The number of hydrogen-bond donors (Lipinski definition) is 0. The minimum atomic E-state index is -0.847. The van der Waals surface area contributed by atoms with Crippen LogP contribution >= 0.6 is 0 Å². The summed E-state index contributed by atoms with van der Waals surface area (Å²) in [6.07, 6.45) is 5.07. The number of ether oxygens (including phenoxy) is 2. The summed E-state index contributed by atoms with van der Waals surface area (Å²) < 4.78 is 11.1. The smallest absolute Gasteiger partial charge is 0.409 e. The highest BCUT2D eigenvalue weighted by Gasteiger charge is 2.53. The number of nitrogens with zero attached hydrogens (tertiary/aromatic N) is 1. The average molecular weight is 398 g/mol. The first kappa shape index (κ1) is 21.2. The van der Waals surface area contributed by atoms with E-state index < -0.39 is 5.60 Å². The van der Waals surface area contributed by atoms with E-state index in [1.165, 1.54) is 7.11 Å². The van der Waals surface area contributed by atoms with Crippen molar-refractivity contribution in [3.05, 3.63) is 35.4 Å². The van der Waals surface area contributed by atoms with Gasteiger partial charge < -0.3 is 14.4 Å². The normalized spacial score (nSPS) is 25.6. The van der Waals surface area contributed by atoms with Gasteiger partial charge in [0.1, 0.15) is 0 Å². The molecule has 1 aromatic carbocycles. The summed E-state index contributed by atoms with van der Waals surface area (Å²) in [5.41, 5.74) is 1.21. The maximum absolute atomic E-state index is 12.6. The van der Waals surface area contributed by atoms with E-state index in [1.54, 1.807) is 4.90 Å². The molecule has 1 aromatic rings. The summed E-state index contributed by atoms with van der Waals surface area (Å²) in [5.74, 6) is 6.45. The quantitative estimate of drug-likeness (QED) is 0.556. The lowest BCUT2D eigenvalue weighted by molar-refractivity contribution is -0.162. The molecule has 0 unspecified atom stereocenters. The number of benzene rings is 1. The molecule has 1 aliphatic heterocycles. The van der Waals surface area contributed by atoms with Gasteiger partial charge in [-0.05, 0) is 62.6 Å². The fraction of sp³-hybridized carbons (Fsp3) is 0.583. The molecule has 2 aliphatic rings. The molecule has 1 aliphatic carbocycles. The summed E-state index contributed by atoms with van der Waals surface area (Å²) in [5, 5.41) is 0. The maximum Gasteiger partial charge on any atom is 0.409 e. The second kappa shape index (κ2) is 9.35. The van der Waals surface area contributed by atoms with Crippen LogP contribution in [0.15, 0.2) is 24.3 Å². The molecule has 0 spiro atoms. The van der Waals surface area contributed by atoms with Crippen LogP contribution in [0.25, 0.3) is 0 Å². The molecule has 1 heterocycles. The Bertz CT molecular complexity index is 809. The first-order valence-corrected chi connectivity index (χ1v) is 10.7. The number of hydrogen-bond acceptors (Lipinski definition) is 4. The van der Waals surface area contributed by atoms with Gasteiger partial charge in [0.05, 0.1) is 7.11 Å². The van der Waals surface area contributed by atoms with E-state index in [4.69, 9.17) is 9.47 Å². The molecular formula is C24H31NO4. The van der Waals surface area contributed by atoms with Crippen LogP contribution < -0.4 is 0 Å². The van der Waals surface area contributed by atoms with Crippen LogP contribution in [0.2, 0.25) is 0 Å². The predicted octanol–water partition coefficient (Wildman–Crippen LogP) is 4.46. The van der Waals surface area contributed by atoms with Crippen LogP contribution in [-0.2, 0) is 14.3 Å². The highest BCUT2D eigenvalue weighted by Crippen LogP contribution is 2.45. The second-order valence-electron chi connectivity index (χ2n) is 8.10. The number of fused-ring (bicyclic) bond motifs is 1. The summed E-state index contributed by atoms with van der Waals surface area (Å²) in [6.45, 7) is 4.71. The van der Waals surface area contributed by atoms with Gasteiger partial charge in [-0.15, -0.1) is 0 Å². The monoisotopic (exact) mass is 397 g/mol. The number of methoxy groups -OCH3 is 1. The molecule has 29 heavy (non-hydrogen) atoms. The average Bonchev–Trinajstić information content (AvgIpc) is 3.16. The molecule has 5 heteroatoms. The van der Waals surface area contributed by atoms with E-state index in [9.17, 15) is 9.59 Å². The largest absolute Gasteiger partial charge is 0.453 e. The van der Waals surface area contributed by atoms with Crippen molar-refractivity contribution in [3.8, 4) is 11.8 Å². The summed E-state index contributed by atoms with van der Waals surface area (Å²) >= 11 is 0. The third kappa shape index (κ3) is 4.75. The lowest BCUT2D eigenvalue weighted by Crippen LogP contribution is -2.51. The number of carbonyl (C=O) groups is 2. The number of carbonyl (C=O) groups excluding carboxylic acids is 2. The molecule has 1 saturated heterocycles. The van der Waals surface area contributed by atoms with Crippen molar-refractivity contribution in [2.24, 2.45) is 5.92 Å². The van der Waals surface area contributed by atoms with Crippen molar-refractivity contribution in [1.29, 1.82) is 0 Å². The number of rotatable bonds is 4. The predicted molar refractivity (Wildman–Crippen MR) is 111 cm³/mol. The SMILES string of the molecule is CCCCC(=O)O[C@@]1(C#Cc2cccc(C)c2)CCC[C@@H]2[C@H]1CCN2C(=O)OC. The Hall–Kier alpha value is -2.48. The van der Waals surface area contributed by atoms with Gasteiger partial charge in [0.25, 0.3) is 0 Å². The molecule has 2 fully saturated rings. The third-order valence-electron chi connectivity index (χ3n) is 6.07. The topological polar surface area (TPSA) is 55.8 Å². The fourth-order valence-corrected chi connectivity index (χ4v) is 4.64. The summed E-state index contributed by atoms with van der Waals surface area (Å²) in [4.78, 5) is 26.6. The lowest BCUT2D eigenvalue weighted by Gasteiger charge is -2.42. The zero-order valence-corrected chi connectivity index (χ0v) is 17.7. The van der Waals surface area contributed by atoms with Crippen LogP contribution in [-0.4, -0.2) is 42.3 Å². The van der Waals surface area contributed by atoms with E-state index in [1.807, 2.05) is 31.2 Å². The van der Waals surface area contributed by atoms with Gasteiger partial charge >= 0.3 is 12.1 Å². The first-order valence-electron chi connectivity index (χ1n) is 10.7. The molecule has 3 atom stereocenters. The number of amides is 1. The molecule has 5 nitrogen and oxygen atoms in total. The Morgan fingerprint density at radius 3 is 2.86 bits per heavy atom. The lowest BCUT2D eigenvalue weighted by atomic mass is 9.72. The van der Waals surface area contributed by atoms with E-state index in [0.717, 1.165) is 43.2 Å². The molecule has 0 N–H and O–H groups in total. The zero-order chi connectivity index (χ0) is 20.9. The van der Waals surface area contributed by atoms with E-state index in [2.05, 4.69) is 18.8 Å². The Labute approximate surface area is 173 Å². The molecule has 0 bridgehead atoms. The summed E-state index contributed by atoms with van der Waals surface area (Å²) in [7, 11) is 1.41.